The number of aryl methyl sites for hydroxylation is 1. The highest BCUT2D eigenvalue weighted by Gasteiger charge is 2.28. The van der Waals surface area contributed by atoms with Crippen molar-refractivity contribution in [3.05, 3.63) is 59.9 Å². The molecular formula is C22H22F2N4O2. The van der Waals surface area contributed by atoms with E-state index in [1.165, 1.54) is 6.92 Å². The first-order valence-corrected chi connectivity index (χ1v) is 9.79. The summed E-state index contributed by atoms with van der Waals surface area (Å²) in [6, 6.07) is 14.5. The van der Waals surface area contributed by atoms with E-state index in [1.807, 2.05) is 31.2 Å². The van der Waals surface area contributed by atoms with Gasteiger partial charge in [0.2, 0.25) is 0 Å². The molecule has 6 nitrogen and oxygen atoms in total. The summed E-state index contributed by atoms with van der Waals surface area (Å²) in [7, 11) is 0. The van der Waals surface area contributed by atoms with Gasteiger partial charge in [0.15, 0.2) is 12.4 Å². The maximum atomic E-state index is 13.6. The monoisotopic (exact) mass is 412 g/mol. The van der Waals surface area contributed by atoms with Gasteiger partial charge in [-0.25, -0.2) is 4.98 Å². The number of rotatable bonds is 5. The highest BCUT2D eigenvalue weighted by Crippen LogP contribution is 2.30. The molecule has 1 aromatic heterocycles. The third kappa shape index (κ3) is 3.65. The van der Waals surface area contributed by atoms with Gasteiger partial charge in [-0.3, -0.25) is 9.36 Å². The number of oxime groups is 1. The second kappa shape index (κ2) is 8.22. The van der Waals surface area contributed by atoms with E-state index in [0.29, 0.717) is 11.0 Å². The number of alkyl halides is 2. The van der Waals surface area contributed by atoms with Gasteiger partial charge in [0.05, 0.1) is 11.0 Å². The molecule has 0 saturated heterocycles. The fourth-order valence-corrected chi connectivity index (χ4v) is 3.86. The van der Waals surface area contributed by atoms with Crippen LogP contribution in [0.2, 0.25) is 0 Å². The maximum Gasteiger partial charge on any atom is 0.320 e. The predicted octanol–water partition coefficient (Wildman–Crippen LogP) is 4.54. The Labute approximate surface area is 172 Å². The third-order valence-corrected chi connectivity index (χ3v) is 5.30. The van der Waals surface area contributed by atoms with Crippen molar-refractivity contribution in [1.82, 2.24) is 9.55 Å². The van der Waals surface area contributed by atoms with E-state index >= 15 is 0 Å². The van der Waals surface area contributed by atoms with Gasteiger partial charge in [0.1, 0.15) is 5.71 Å². The average molecular weight is 412 g/mol. The first-order chi connectivity index (χ1) is 14.5. The maximum absolute atomic E-state index is 13.6. The van der Waals surface area contributed by atoms with Gasteiger partial charge in [-0.2, -0.15) is 8.78 Å². The first-order valence-electron chi connectivity index (χ1n) is 9.79. The molecule has 0 radical (unpaired) electrons. The van der Waals surface area contributed by atoms with Crippen molar-refractivity contribution in [3.63, 3.8) is 0 Å². The molecule has 0 spiro atoms. The Balaban J connectivity index is 1.52. The minimum absolute atomic E-state index is 0.00957. The Morgan fingerprint density at radius 1 is 1.23 bits per heavy atom. The fourth-order valence-electron chi connectivity index (χ4n) is 3.86. The molecule has 2 heterocycles. The summed E-state index contributed by atoms with van der Waals surface area (Å²) in [5, 5.41) is 3.90. The molecule has 0 aliphatic carbocycles. The van der Waals surface area contributed by atoms with Gasteiger partial charge < -0.3 is 9.74 Å². The minimum Gasteiger partial charge on any atom is -0.385 e. The lowest BCUT2D eigenvalue weighted by molar-refractivity contribution is -0.123. The lowest BCUT2D eigenvalue weighted by Crippen LogP contribution is -2.43. The van der Waals surface area contributed by atoms with Gasteiger partial charge in [0, 0.05) is 11.7 Å². The van der Waals surface area contributed by atoms with Crippen LogP contribution >= 0.6 is 0 Å². The van der Waals surface area contributed by atoms with E-state index in [2.05, 4.69) is 10.1 Å². The lowest BCUT2D eigenvalue weighted by Gasteiger charge is -2.34. The molecule has 0 fully saturated rings. The number of anilines is 1. The van der Waals surface area contributed by atoms with E-state index in [1.54, 1.807) is 29.2 Å². The molecular weight excluding hydrogens is 390 g/mol. The molecule has 3 aromatic rings. The van der Waals surface area contributed by atoms with Crippen molar-refractivity contribution in [2.24, 2.45) is 5.16 Å². The number of aromatic nitrogens is 2. The molecule has 0 unspecified atom stereocenters. The molecule has 1 aliphatic rings. The topological polar surface area (TPSA) is 59.7 Å². The molecule has 0 bridgehead atoms. The number of carbonyl (C=O) groups is 1. The molecule has 0 N–H and O–H groups in total. The average Bonchev–Trinajstić information content (AvgIpc) is 3.13. The Morgan fingerprint density at radius 2 is 1.97 bits per heavy atom. The van der Waals surface area contributed by atoms with Crippen LogP contribution in [0.15, 0.2) is 53.7 Å². The SMILES string of the molecule is CC(=NOCC(=O)N1c2ccccc2CC[C@H]1C)c1nc2ccccc2n1C(F)F. The number of para-hydroxylation sites is 3. The molecule has 30 heavy (non-hydrogen) atoms. The minimum atomic E-state index is -2.77. The van der Waals surface area contributed by atoms with Crippen molar-refractivity contribution in [1.29, 1.82) is 0 Å². The smallest absolute Gasteiger partial charge is 0.320 e. The van der Waals surface area contributed by atoms with Crippen molar-refractivity contribution in [3.8, 4) is 0 Å². The molecule has 1 atom stereocenters. The van der Waals surface area contributed by atoms with Crippen LogP contribution in [0.1, 0.15) is 38.2 Å². The van der Waals surface area contributed by atoms with E-state index in [-0.39, 0.29) is 30.1 Å². The van der Waals surface area contributed by atoms with Crippen LogP contribution < -0.4 is 4.90 Å². The zero-order chi connectivity index (χ0) is 21.3. The van der Waals surface area contributed by atoms with Gasteiger partial charge in [-0.15, -0.1) is 0 Å². The summed E-state index contributed by atoms with van der Waals surface area (Å²) in [6.45, 7) is 0.465. The standard InChI is InChI=1S/C22H22F2N4O2/c1-14-11-12-16-7-3-5-9-18(16)27(14)20(29)13-30-26-15(2)21-25-17-8-4-6-10-19(17)28(21)22(23)24/h3-10,14,22H,11-13H2,1-2H3/t14-/m1/s1. The summed E-state index contributed by atoms with van der Waals surface area (Å²) < 4.78 is 28.0. The van der Waals surface area contributed by atoms with E-state index in [0.717, 1.165) is 28.7 Å². The van der Waals surface area contributed by atoms with Crippen LogP contribution in [-0.4, -0.2) is 33.8 Å². The number of amides is 1. The zero-order valence-electron chi connectivity index (χ0n) is 16.8. The molecule has 1 amide bonds. The number of carbonyl (C=O) groups excluding carboxylic acids is 1. The Bertz CT molecular complexity index is 1110. The van der Waals surface area contributed by atoms with Crippen LogP contribution in [0.5, 0.6) is 0 Å². The number of fused-ring (bicyclic) bond motifs is 2. The number of imidazole rings is 1. The summed E-state index contributed by atoms with van der Waals surface area (Å²) in [4.78, 5) is 24.0. The van der Waals surface area contributed by atoms with Crippen LogP contribution in [0, 0.1) is 0 Å². The molecule has 156 valence electrons. The summed E-state index contributed by atoms with van der Waals surface area (Å²) in [5.41, 5.74) is 2.93. The van der Waals surface area contributed by atoms with Crippen LogP contribution in [0.25, 0.3) is 11.0 Å². The Hall–Kier alpha value is -3.29. The van der Waals surface area contributed by atoms with Gasteiger partial charge in [0.25, 0.3) is 5.91 Å². The lowest BCUT2D eigenvalue weighted by atomic mass is 9.96. The third-order valence-electron chi connectivity index (χ3n) is 5.30. The number of hydrogen-bond donors (Lipinski definition) is 0. The zero-order valence-corrected chi connectivity index (χ0v) is 16.8. The second-order valence-electron chi connectivity index (χ2n) is 7.30. The van der Waals surface area contributed by atoms with Gasteiger partial charge in [-0.05, 0) is 50.5 Å². The Morgan fingerprint density at radius 3 is 2.77 bits per heavy atom. The molecule has 2 aromatic carbocycles. The van der Waals surface area contributed by atoms with E-state index < -0.39 is 6.55 Å². The summed E-state index contributed by atoms with van der Waals surface area (Å²) >= 11 is 0. The predicted molar refractivity (Wildman–Crippen MR) is 111 cm³/mol. The molecule has 4 rings (SSSR count). The number of nitrogens with zero attached hydrogens (tertiary/aromatic N) is 4. The number of hydrogen-bond acceptors (Lipinski definition) is 4. The number of benzene rings is 2. The molecule has 1 aliphatic heterocycles. The summed E-state index contributed by atoms with van der Waals surface area (Å²) in [5.74, 6) is -0.219. The van der Waals surface area contributed by atoms with Crippen molar-refractivity contribution in [2.75, 3.05) is 11.5 Å². The molecule has 0 saturated carbocycles. The highest BCUT2D eigenvalue weighted by atomic mass is 19.3. The Kier molecular flexibility index (Phi) is 5.48. The quantitative estimate of drug-likeness (QED) is 0.457. The van der Waals surface area contributed by atoms with Crippen LogP contribution in [-0.2, 0) is 16.1 Å². The first kappa shape index (κ1) is 20.0. The van der Waals surface area contributed by atoms with E-state index in [4.69, 9.17) is 4.84 Å². The van der Waals surface area contributed by atoms with Crippen LogP contribution in [0.4, 0.5) is 14.5 Å². The fraction of sp³-hybridized carbons (Fsp3) is 0.318. The second-order valence-corrected chi connectivity index (χ2v) is 7.30. The van der Waals surface area contributed by atoms with Crippen molar-refractivity contribution >= 4 is 28.3 Å². The van der Waals surface area contributed by atoms with Crippen molar-refractivity contribution < 1.29 is 18.4 Å². The van der Waals surface area contributed by atoms with Crippen molar-refractivity contribution in [2.45, 2.75) is 39.3 Å². The van der Waals surface area contributed by atoms with Gasteiger partial charge >= 0.3 is 6.55 Å². The van der Waals surface area contributed by atoms with Gasteiger partial charge in [-0.1, -0.05) is 35.5 Å². The van der Waals surface area contributed by atoms with Crippen LogP contribution in [0.3, 0.4) is 0 Å². The van der Waals surface area contributed by atoms with E-state index in [9.17, 15) is 13.6 Å². The normalized spacial score (nSPS) is 16.8. The largest absolute Gasteiger partial charge is 0.385 e. The molecule has 8 heteroatoms. The summed E-state index contributed by atoms with van der Waals surface area (Å²) in [6.07, 6.45) is 1.78. The highest BCUT2D eigenvalue weighted by molar-refractivity contribution is 5.99. The number of halogens is 2.